The number of anilines is 1. The third kappa shape index (κ3) is 4.55. The van der Waals surface area contributed by atoms with E-state index in [0.717, 1.165) is 18.2 Å². The summed E-state index contributed by atoms with van der Waals surface area (Å²) < 4.78 is 79.0. The number of halogens is 3. The number of furan rings is 1. The molecule has 0 aliphatic carbocycles. The number of benzene rings is 1. The average molecular weight is 414 g/mol. The second-order valence-electron chi connectivity index (χ2n) is 5.41. The van der Waals surface area contributed by atoms with Crippen molar-refractivity contribution in [2.45, 2.75) is 11.3 Å². The topological polar surface area (TPSA) is 90.7 Å². The van der Waals surface area contributed by atoms with Crippen LogP contribution >= 0.6 is 0 Å². The number of pyridine rings is 1. The van der Waals surface area contributed by atoms with Crippen LogP contribution in [0.1, 0.15) is 0 Å². The molecule has 0 spiro atoms. The van der Waals surface area contributed by atoms with Crippen LogP contribution in [0.5, 0.6) is 11.5 Å². The number of hydrogen-bond acceptors (Lipinski definition) is 6. The molecular formula is C17H13F3N2O5S. The first-order chi connectivity index (χ1) is 13.2. The monoisotopic (exact) mass is 414 g/mol. The van der Waals surface area contributed by atoms with Crippen LogP contribution in [-0.2, 0) is 10.0 Å². The summed E-state index contributed by atoms with van der Waals surface area (Å²) in [4.78, 5) is 3.41. The Morgan fingerprint density at radius 1 is 1.14 bits per heavy atom. The largest absolute Gasteiger partial charge is 0.573 e. The van der Waals surface area contributed by atoms with Crippen LogP contribution in [0.2, 0.25) is 0 Å². The zero-order valence-electron chi connectivity index (χ0n) is 14.2. The first kappa shape index (κ1) is 19.5. The second kappa shape index (κ2) is 7.43. The fourth-order valence-corrected chi connectivity index (χ4v) is 3.57. The Morgan fingerprint density at radius 2 is 1.93 bits per heavy atom. The first-order valence-electron chi connectivity index (χ1n) is 7.63. The van der Waals surface area contributed by atoms with Gasteiger partial charge in [0.15, 0.2) is 0 Å². The molecule has 0 saturated carbocycles. The van der Waals surface area contributed by atoms with Crippen LogP contribution in [0.15, 0.2) is 64.4 Å². The maximum Gasteiger partial charge on any atom is 0.573 e. The molecule has 0 radical (unpaired) electrons. The minimum atomic E-state index is -4.97. The number of rotatable bonds is 6. The summed E-state index contributed by atoms with van der Waals surface area (Å²) in [6.45, 7) is 0. The van der Waals surface area contributed by atoms with Crippen molar-refractivity contribution in [3.05, 3.63) is 55.1 Å². The molecule has 3 aromatic rings. The normalized spacial score (nSPS) is 11.9. The van der Waals surface area contributed by atoms with E-state index >= 15 is 0 Å². The second-order valence-corrected chi connectivity index (χ2v) is 7.06. The Morgan fingerprint density at radius 3 is 2.57 bits per heavy atom. The van der Waals surface area contributed by atoms with E-state index in [2.05, 4.69) is 14.4 Å². The smallest absolute Gasteiger partial charge is 0.495 e. The Balaban J connectivity index is 1.94. The lowest BCUT2D eigenvalue weighted by molar-refractivity contribution is -0.274. The highest BCUT2D eigenvalue weighted by atomic mass is 32.2. The van der Waals surface area contributed by atoms with Crippen molar-refractivity contribution in [2.75, 3.05) is 11.8 Å². The van der Waals surface area contributed by atoms with Gasteiger partial charge in [-0.1, -0.05) is 0 Å². The summed E-state index contributed by atoms with van der Waals surface area (Å²) in [6.07, 6.45) is -0.810. The lowest BCUT2D eigenvalue weighted by Gasteiger charge is -2.14. The fraction of sp³-hybridized carbons (Fsp3) is 0.118. The molecular weight excluding hydrogens is 401 g/mol. The lowest BCUT2D eigenvalue weighted by Crippen LogP contribution is -2.18. The zero-order valence-corrected chi connectivity index (χ0v) is 15.0. The van der Waals surface area contributed by atoms with Gasteiger partial charge in [-0.15, -0.1) is 13.2 Å². The van der Waals surface area contributed by atoms with Gasteiger partial charge in [-0.3, -0.25) is 9.71 Å². The maximum absolute atomic E-state index is 12.7. The van der Waals surface area contributed by atoms with Gasteiger partial charge in [0, 0.05) is 17.8 Å². The van der Waals surface area contributed by atoms with E-state index in [1.165, 1.54) is 31.8 Å². The molecule has 1 N–H and O–H groups in total. The van der Waals surface area contributed by atoms with Crippen molar-refractivity contribution in [1.82, 2.24) is 4.98 Å². The predicted octanol–water partition coefficient (Wildman–Crippen LogP) is 4.05. The summed E-state index contributed by atoms with van der Waals surface area (Å²) in [5.74, 6) is -0.389. The number of ether oxygens (including phenoxy) is 2. The van der Waals surface area contributed by atoms with Gasteiger partial charge in [-0.05, 0) is 30.3 Å². The van der Waals surface area contributed by atoms with Crippen LogP contribution in [0.25, 0.3) is 11.3 Å². The number of methoxy groups -OCH3 is 1. The van der Waals surface area contributed by atoms with Crippen molar-refractivity contribution in [2.24, 2.45) is 0 Å². The standard InChI is InChI=1S/C17H13F3N2O5S/c1-25-15-5-4-13(27-17(18,19)20)8-16(15)28(23,24)22-12-7-11(9-21-10-12)14-3-2-6-26-14/h2-10,22H,1H3. The molecule has 28 heavy (non-hydrogen) atoms. The third-order valence-electron chi connectivity index (χ3n) is 3.45. The number of alkyl halides is 3. The molecule has 0 unspecified atom stereocenters. The molecule has 0 amide bonds. The average Bonchev–Trinajstić information content (AvgIpc) is 3.15. The van der Waals surface area contributed by atoms with Gasteiger partial charge in [-0.2, -0.15) is 0 Å². The molecule has 0 saturated heterocycles. The molecule has 148 valence electrons. The molecule has 1 aromatic carbocycles. The first-order valence-corrected chi connectivity index (χ1v) is 9.12. The Bertz CT molecular complexity index is 1070. The van der Waals surface area contributed by atoms with Gasteiger partial charge in [0.2, 0.25) is 0 Å². The van der Waals surface area contributed by atoms with Crippen molar-refractivity contribution in [1.29, 1.82) is 0 Å². The van der Waals surface area contributed by atoms with Crippen LogP contribution in [-0.4, -0.2) is 26.9 Å². The van der Waals surface area contributed by atoms with Crippen molar-refractivity contribution < 1.29 is 35.5 Å². The van der Waals surface area contributed by atoms with Gasteiger partial charge in [-0.25, -0.2) is 8.42 Å². The minimum absolute atomic E-state index is 0.0816. The van der Waals surface area contributed by atoms with Gasteiger partial charge in [0.25, 0.3) is 10.0 Å². The predicted molar refractivity (Wildman–Crippen MR) is 92.4 cm³/mol. The van der Waals surface area contributed by atoms with E-state index in [4.69, 9.17) is 9.15 Å². The molecule has 0 bridgehead atoms. The molecule has 2 heterocycles. The number of hydrogen-bond donors (Lipinski definition) is 1. The third-order valence-corrected chi connectivity index (χ3v) is 4.86. The van der Waals surface area contributed by atoms with Crippen molar-refractivity contribution in [3.63, 3.8) is 0 Å². The number of aromatic nitrogens is 1. The summed E-state index contributed by atoms with van der Waals surface area (Å²) in [5.41, 5.74) is 0.587. The van der Waals surface area contributed by atoms with E-state index in [9.17, 15) is 21.6 Å². The number of sulfonamides is 1. The van der Waals surface area contributed by atoms with Crippen LogP contribution < -0.4 is 14.2 Å². The van der Waals surface area contributed by atoms with Crippen LogP contribution in [0, 0.1) is 0 Å². The SMILES string of the molecule is COc1ccc(OC(F)(F)F)cc1S(=O)(=O)Nc1cncc(-c2ccco2)c1. The highest BCUT2D eigenvalue weighted by Crippen LogP contribution is 2.32. The number of nitrogens with one attached hydrogen (secondary N) is 1. The molecule has 0 aliphatic rings. The van der Waals surface area contributed by atoms with Crippen LogP contribution in [0.4, 0.5) is 18.9 Å². The van der Waals surface area contributed by atoms with E-state index in [1.54, 1.807) is 12.1 Å². The summed E-state index contributed by atoms with van der Waals surface area (Å²) in [6, 6.07) is 7.52. The van der Waals surface area contributed by atoms with Gasteiger partial charge < -0.3 is 13.9 Å². The maximum atomic E-state index is 12.7. The van der Waals surface area contributed by atoms with E-state index in [1.807, 2.05) is 0 Å². The fourth-order valence-electron chi connectivity index (χ4n) is 2.35. The minimum Gasteiger partial charge on any atom is -0.495 e. The molecule has 0 atom stereocenters. The summed E-state index contributed by atoms with van der Waals surface area (Å²) >= 11 is 0. The molecule has 3 rings (SSSR count). The quantitative estimate of drug-likeness (QED) is 0.655. The Kier molecular flexibility index (Phi) is 5.18. The molecule has 11 heteroatoms. The van der Waals surface area contributed by atoms with E-state index in [-0.39, 0.29) is 11.4 Å². The van der Waals surface area contributed by atoms with E-state index in [0.29, 0.717) is 11.3 Å². The summed E-state index contributed by atoms with van der Waals surface area (Å²) in [7, 11) is -3.12. The van der Waals surface area contributed by atoms with Gasteiger partial charge in [0.1, 0.15) is 22.2 Å². The van der Waals surface area contributed by atoms with Crippen molar-refractivity contribution >= 4 is 15.7 Å². The lowest BCUT2D eigenvalue weighted by atomic mass is 10.2. The van der Waals surface area contributed by atoms with E-state index < -0.39 is 27.0 Å². The summed E-state index contributed by atoms with van der Waals surface area (Å²) in [5, 5.41) is 0. The number of nitrogens with zero attached hydrogens (tertiary/aromatic N) is 1. The Hall–Kier alpha value is -3.21. The molecule has 2 aromatic heterocycles. The van der Waals surface area contributed by atoms with Gasteiger partial charge >= 0.3 is 6.36 Å². The highest BCUT2D eigenvalue weighted by molar-refractivity contribution is 7.92. The molecule has 0 fully saturated rings. The van der Waals surface area contributed by atoms with Gasteiger partial charge in [0.05, 0.1) is 25.3 Å². The zero-order chi connectivity index (χ0) is 20.4. The molecule has 7 nitrogen and oxygen atoms in total. The molecule has 0 aliphatic heterocycles. The highest BCUT2D eigenvalue weighted by Gasteiger charge is 2.32. The Labute approximate surface area is 157 Å². The van der Waals surface area contributed by atoms with Crippen molar-refractivity contribution in [3.8, 4) is 22.8 Å². The van der Waals surface area contributed by atoms with Crippen LogP contribution in [0.3, 0.4) is 0 Å².